The van der Waals surface area contributed by atoms with Crippen LogP contribution in [0.1, 0.15) is 24.0 Å². The van der Waals surface area contributed by atoms with Crippen molar-refractivity contribution >= 4 is 17.5 Å². The molecule has 5 nitrogen and oxygen atoms in total. The Labute approximate surface area is 133 Å². The molecule has 6 heteroatoms. The van der Waals surface area contributed by atoms with Crippen molar-refractivity contribution in [1.82, 2.24) is 15.0 Å². The molecule has 0 saturated heterocycles. The SMILES string of the molecule is CC(c1ccc(F)cc1)c1ccc(Nc2cnccn2)nc1N. The molecule has 0 aliphatic heterocycles. The quantitative estimate of drug-likeness (QED) is 0.771. The Morgan fingerprint density at radius 2 is 1.83 bits per heavy atom. The average Bonchev–Trinajstić information content (AvgIpc) is 2.56. The van der Waals surface area contributed by atoms with Crippen molar-refractivity contribution in [1.29, 1.82) is 0 Å². The number of nitrogens with two attached hydrogens (primary N) is 1. The highest BCUT2D eigenvalue weighted by atomic mass is 19.1. The molecule has 0 saturated carbocycles. The van der Waals surface area contributed by atoms with Gasteiger partial charge >= 0.3 is 0 Å². The Morgan fingerprint density at radius 3 is 2.48 bits per heavy atom. The summed E-state index contributed by atoms with van der Waals surface area (Å²) in [5.41, 5.74) is 7.95. The van der Waals surface area contributed by atoms with Crippen molar-refractivity contribution in [3.8, 4) is 0 Å². The Kier molecular flexibility index (Phi) is 4.14. The maximum Gasteiger partial charge on any atom is 0.150 e. The molecular weight excluding hydrogens is 293 g/mol. The Hall–Kier alpha value is -3.02. The van der Waals surface area contributed by atoms with Gasteiger partial charge in [0.15, 0.2) is 0 Å². The zero-order valence-electron chi connectivity index (χ0n) is 12.6. The Balaban J connectivity index is 1.83. The molecule has 0 bridgehead atoms. The largest absolute Gasteiger partial charge is 0.383 e. The number of pyridine rings is 1. The van der Waals surface area contributed by atoms with Gasteiger partial charge < -0.3 is 11.1 Å². The zero-order valence-corrected chi connectivity index (χ0v) is 12.6. The number of aromatic nitrogens is 3. The number of rotatable bonds is 4. The van der Waals surface area contributed by atoms with Gasteiger partial charge in [0.05, 0.1) is 6.20 Å². The number of hydrogen-bond donors (Lipinski definition) is 2. The maximum absolute atomic E-state index is 13.0. The molecule has 3 rings (SSSR count). The molecule has 1 unspecified atom stereocenters. The van der Waals surface area contributed by atoms with Crippen molar-refractivity contribution in [2.24, 2.45) is 0 Å². The standard InChI is InChI=1S/C17H16FN5/c1-11(12-2-4-13(18)5-3-12)14-6-7-15(23-17(14)19)22-16-10-20-8-9-21-16/h2-11H,1H3,(H3,19,21,22,23). The smallest absolute Gasteiger partial charge is 0.150 e. The summed E-state index contributed by atoms with van der Waals surface area (Å²) in [6.07, 6.45) is 4.80. The second-order valence-electron chi connectivity index (χ2n) is 5.16. The minimum atomic E-state index is -0.254. The lowest BCUT2D eigenvalue weighted by atomic mass is 9.93. The second kappa shape index (κ2) is 6.39. The van der Waals surface area contributed by atoms with Crippen LogP contribution in [-0.2, 0) is 0 Å². The van der Waals surface area contributed by atoms with E-state index in [2.05, 4.69) is 20.3 Å². The molecule has 0 aliphatic rings. The number of nitrogen functional groups attached to an aromatic ring is 1. The van der Waals surface area contributed by atoms with Crippen molar-refractivity contribution in [3.63, 3.8) is 0 Å². The summed E-state index contributed by atoms with van der Waals surface area (Å²) in [5, 5.41) is 3.04. The molecule has 2 heterocycles. The third-order valence-corrected chi connectivity index (χ3v) is 3.61. The number of nitrogens with one attached hydrogen (secondary N) is 1. The van der Waals surface area contributed by atoms with E-state index in [0.717, 1.165) is 11.1 Å². The van der Waals surface area contributed by atoms with Gasteiger partial charge in [-0.25, -0.2) is 14.4 Å². The first-order valence-corrected chi connectivity index (χ1v) is 7.18. The number of halogens is 1. The molecule has 3 N–H and O–H groups in total. The molecule has 0 amide bonds. The molecule has 3 aromatic rings. The summed E-state index contributed by atoms with van der Waals surface area (Å²) in [5.74, 6) is 1.39. The molecule has 1 aromatic carbocycles. The van der Waals surface area contributed by atoms with E-state index in [0.29, 0.717) is 17.5 Å². The van der Waals surface area contributed by atoms with Crippen LogP contribution in [0.15, 0.2) is 55.0 Å². The summed E-state index contributed by atoms with van der Waals surface area (Å²) in [4.78, 5) is 12.5. The zero-order chi connectivity index (χ0) is 16.2. The number of hydrogen-bond acceptors (Lipinski definition) is 5. The van der Waals surface area contributed by atoms with Crippen molar-refractivity contribution < 1.29 is 4.39 Å². The molecule has 0 fully saturated rings. The highest BCUT2D eigenvalue weighted by Crippen LogP contribution is 2.29. The lowest BCUT2D eigenvalue weighted by Gasteiger charge is -2.15. The van der Waals surface area contributed by atoms with E-state index in [1.54, 1.807) is 30.7 Å². The van der Waals surface area contributed by atoms with Crippen molar-refractivity contribution in [2.75, 3.05) is 11.1 Å². The molecule has 0 spiro atoms. The third kappa shape index (κ3) is 3.42. The van der Waals surface area contributed by atoms with Gasteiger partial charge in [0.25, 0.3) is 0 Å². The van der Waals surface area contributed by atoms with Crippen LogP contribution in [0.4, 0.5) is 21.8 Å². The van der Waals surface area contributed by atoms with Gasteiger partial charge in [-0.15, -0.1) is 0 Å². The molecule has 1 atom stereocenters. The predicted octanol–water partition coefficient (Wildman–Crippen LogP) is 3.49. The predicted molar refractivity (Wildman–Crippen MR) is 87.9 cm³/mol. The summed E-state index contributed by atoms with van der Waals surface area (Å²) >= 11 is 0. The van der Waals surface area contributed by atoms with Crippen LogP contribution >= 0.6 is 0 Å². The highest BCUT2D eigenvalue weighted by molar-refractivity contribution is 5.56. The van der Waals surface area contributed by atoms with Gasteiger partial charge in [0.1, 0.15) is 23.3 Å². The van der Waals surface area contributed by atoms with Gasteiger partial charge in [-0.2, -0.15) is 0 Å². The molecule has 0 radical (unpaired) electrons. The molecule has 23 heavy (non-hydrogen) atoms. The lowest BCUT2D eigenvalue weighted by molar-refractivity contribution is 0.626. The first-order valence-electron chi connectivity index (χ1n) is 7.18. The van der Waals surface area contributed by atoms with Crippen LogP contribution in [0.25, 0.3) is 0 Å². The molecule has 2 aromatic heterocycles. The van der Waals surface area contributed by atoms with Crippen molar-refractivity contribution in [2.45, 2.75) is 12.8 Å². The Morgan fingerprint density at radius 1 is 1.04 bits per heavy atom. The van der Waals surface area contributed by atoms with Crippen LogP contribution in [-0.4, -0.2) is 15.0 Å². The third-order valence-electron chi connectivity index (χ3n) is 3.61. The minimum absolute atomic E-state index is 0.0219. The van der Waals surface area contributed by atoms with E-state index in [9.17, 15) is 4.39 Å². The molecule has 116 valence electrons. The molecular formula is C17H16FN5. The summed E-state index contributed by atoms with van der Waals surface area (Å²) in [7, 11) is 0. The topological polar surface area (TPSA) is 76.7 Å². The van der Waals surface area contributed by atoms with Gasteiger partial charge in [-0.3, -0.25) is 4.98 Å². The first-order chi connectivity index (χ1) is 11.1. The van der Waals surface area contributed by atoms with E-state index in [-0.39, 0.29) is 11.7 Å². The average molecular weight is 309 g/mol. The van der Waals surface area contributed by atoms with E-state index >= 15 is 0 Å². The maximum atomic E-state index is 13.0. The van der Waals surface area contributed by atoms with Crippen molar-refractivity contribution in [3.05, 3.63) is 71.9 Å². The van der Waals surface area contributed by atoms with E-state index < -0.39 is 0 Å². The van der Waals surface area contributed by atoms with Crippen LogP contribution in [0.5, 0.6) is 0 Å². The van der Waals surface area contributed by atoms with Crippen LogP contribution in [0, 0.1) is 5.82 Å². The fraction of sp³-hybridized carbons (Fsp3) is 0.118. The summed E-state index contributed by atoms with van der Waals surface area (Å²) < 4.78 is 13.0. The van der Waals surface area contributed by atoms with E-state index in [4.69, 9.17) is 5.73 Å². The van der Waals surface area contributed by atoms with Gasteiger partial charge in [0.2, 0.25) is 0 Å². The van der Waals surface area contributed by atoms with Gasteiger partial charge in [-0.05, 0) is 23.8 Å². The summed E-state index contributed by atoms with van der Waals surface area (Å²) in [6.45, 7) is 2.01. The second-order valence-corrected chi connectivity index (χ2v) is 5.16. The highest BCUT2D eigenvalue weighted by Gasteiger charge is 2.13. The number of anilines is 3. The monoisotopic (exact) mass is 309 g/mol. The fourth-order valence-electron chi connectivity index (χ4n) is 2.35. The van der Waals surface area contributed by atoms with Crippen LogP contribution in [0.3, 0.4) is 0 Å². The van der Waals surface area contributed by atoms with Gasteiger partial charge in [-0.1, -0.05) is 25.1 Å². The Bertz CT molecular complexity index is 790. The van der Waals surface area contributed by atoms with E-state index in [1.165, 1.54) is 12.1 Å². The van der Waals surface area contributed by atoms with Crippen LogP contribution in [0.2, 0.25) is 0 Å². The van der Waals surface area contributed by atoms with Crippen LogP contribution < -0.4 is 11.1 Å². The van der Waals surface area contributed by atoms with Gasteiger partial charge in [0, 0.05) is 23.9 Å². The number of nitrogens with zero attached hydrogens (tertiary/aromatic N) is 3. The van der Waals surface area contributed by atoms with E-state index in [1.807, 2.05) is 19.1 Å². The lowest BCUT2D eigenvalue weighted by Crippen LogP contribution is -2.05. The first kappa shape index (κ1) is 14.9. The summed E-state index contributed by atoms with van der Waals surface area (Å²) in [6, 6.07) is 10.1. The fourth-order valence-corrected chi connectivity index (χ4v) is 2.35. The number of benzene rings is 1. The minimum Gasteiger partial charge on any atom is -0.383 e. The molecule has 0 aliphatic carbocycles. The normalized spacial score (nSPS) is 11.9.